The molecule has 0 heterocycles. The van der Waals surface area contributed by atoms with Crippen LogP contribution >= 0.6 is 0 Å². The monoisotopic (exact) mass is 196 g/mol. The van der Waals surface area contributed by atoms with Crippen molar-refractivity contribution in [1.29, 1.82) is 0 Å². The first-order valence-electron chi connectivity index (χ1n) is 4.60. The van der Waals surface area contributed by atoms with E-state index in [1.54, 1.807) is 12.1 Å². The van der Waals surface area contributed by atoms with Gasteiger partial charge < -0.3 is 5.11 Å². The van der Waals surface area contributed by atoms with Gasteiger partial charge in [-0.05, 0) is 30.5 Å². The van der Waals surface area contributed by atoms with Crippen LogP contribution in [0.5, 0.6) is 0 Å². The van der Waals surface area contributed by atoms with Gasteiger partial charge in [0.2, 0.25) is 0 Å². The molecule has 0 aromatic heterocycles. The van der Waals surface area contributed by atoms with Gasteiger partial charge in [0.1, 0.15) is 5.82 Å². The third kappa shape index (κ3) is 2.83. The molecular weight excluding hydrogens is 183 g/mol. The Morgan fingerprint density at radius 1 is 1.57 bits per heavy atom. The molecule has 0 saturated carbocycles. The zero-order valence-corrected chi connectivity index (χ0v) is 8.03. The summed E-state index contributed by atoms with van der Waals surface area (Å²) >= 11 is 0. The van der Waals surface area contributed by atoms with Crippen LogP contribution < -0.4 is 0 Å². The fraction of sp³-hybridized carbons (Fsp3) is 0.364. The summed E-state index contributed by atoms with van der Waals surface area (Å²) in [7, 11) is 0. The Bertz CT molecular complexity index is 323. The van der Waals surface area contributed by atoms with E-state index >= 15 is 0 Å². The summed E-state index contributed by atoms with van der Waals surface area (Å²) in [6.07, 6.45) is 0.954. The normalized spacial score (nSPS) is 12.4. The highest BCUT2D eigenvalue weighted by atomic mass is 19.1. The van der Waals surface area contributed by atoms with Gasteiger partial charge in [0.25, 0.3) is 0 Å². The van der Waals surface area contributed by atoms with Gasteiger partial charge in [-0.2, -0.15) is 0 Å². The lowest BCUT2D eigenvalue weighted by Gasteiger charge is -2.09. The van der Waals surface area contributed by atoms with Crippen molar-refractivity contribution in [3.8, 4) is 0 Å². The van der Waals surface area contributed by atoms with E-state index in [9.17, 15) is 9.18 Å². The van der Waals surface area contributed by atoms with Crippen LogP contribution in [0.1, 0.15) is 18.9 Å². The Morgan fingerprint density at radius 2 is 2.29 bits per heavy atom. The summed E-state index contributed by atoms with van der Waals surface area (Å²) in [6.45, 7) is 1.82. The Labute approximate surface area is 82.4 Å². The molecule has 0 amide bonds. The van der Waals surface area contributed by atoms with Gasteiger partial charge in [-0.25, -0.2) is 4.39 Å². The number of carboxylic acids is 1. The van der Waals surface area contributed by atoms with Gasteiger partial charge in [0.15, 0.2) is 0 Å². The molecular formula is C11H13FO2. The fourth-order valence-electron chi connectivity index (χ4n) is 1.35. The van der Waals surface area contributed by atoms with Gasteiger partial charge in [0.05, 0.1) is 5.92 Å². The summed E-state index contributed by atoms with van der Waals surface area (Å²) in [5.41, 5.74) is 0.735. The molecule has 0 aliphatic carbocycles. The third-order valence-electron chi connectivity index (χ3n) is 2.21. The van der Waals surface area contributed by atoms with Crippen molar-refractivity contribution in [2.45, 2.75) is 19.8 Å². The number of rotatable bonds is 4. The van der Waals surface area contributed by atoms with E-state index in [-0.39, 0.29) is 5.82 Å². The molecule has 1 atom stereocenters. The number of benzene rings is 1. The molecule has 0 aliphatic rings. The van der Waals surface area contributed by atoms with Crippen LogP contribution in [0, 0.1) is 11.7 Å². The van der Waals surface area contributed by atoms with Crippen molar-refractivity contribution >= 4 is 5.97 Å². The smallest absolute Gasteiger partial charge is 0.306 e. The lowest BCUT2D eigenvalue weighted by molar-refractivity contribution is -0.141. The molecule has 0 bridgehead atoms. The molecule has 0 spiro atoms. The number of halogens is 1. The third-order valence-corrected chi connectivity index (χ3v) is 2.21. The predicted octanol–water partition coefficient (Wildman–Crippen LogP) is 2.48. The first kappa shape index (κ1) is 10.7. The average molecular weight is 196 g/mol. The molecule has 14 heavy (non-hydrogen) atoms. The highest BCUT2D eigenvalue weighted by molar-refractivity contribution is 5.70. The second kappa shape index (κ2) is 4.74. The van der Waals surface area contributed by atoms with Crippen molar-refractivity contribution < 1.29 is 14.3 Å². The molecule has 1 N–H and O–H groups in total. The van der Waals surface area contributed by atoms with Crippen LogP contribution in [0.3, 0.4) is 0 Å². The molecule has 76 valence electrons. The first-order chi connectivity index (χ1) is 6.63. The quantitative estimate of drug-likeness (QED) is 0.803. The fourth-order valence-corrected chi connectivity index (χ4v) is 1.35. The Morgan fingerprint density at radius 3 is 2.79 bits per heavy atom. The molecule has 1 aromatic rings. The summed E-state index contributed by atoms with van der Waals surface area (Å²) < 4.78 is 12.8. The molecule has 1 aromatic carbocycles. The summed E-state index contributed by atoms with van der Waals surface area (Å²) in [4.78, 5) is 10.7. The molecule has 2 nitrogen and oxygen atoms in total. The van der Waals surface area contributed by atoms with E-state index in [1.807, 2.05) is 6.92 Å². The summed E-state index contributed by atoms with van der Waals surface area (Å²) in [5, 5.41) is 8.81. The SMILES string of the molecule is CCC(Cc1cccc(F)c1)C(=O)O. The summed E-state index contributed by atoms with van der Waals surface area (Å²) in [6, 6.07) is 6.07. The van der Waals surface area contributed by atoms with Crippen LogP contribution in [-0.4, -0.2) is 11.1 Å². The minimum Gasteiger partial charge on any atom is -0.481 e. The van der Waals surface area contributed by atoms with Gasteiger partial charge in [0, 0.05) is 0 Å². The minimum absolute atomic E-state index is 0.317. The second-order valence-corrected chi connectivity index (χ2v) is 3.28. The Hall–Kier alpha value is -1.38. The lowest BCUT2D eigenvalue weighted by atomic mass is 9.97. The highest BCUT2D eigenvalue weighted by Gasteiger charge is 2.15. The molecule has 0 radical (unpaired) electrons. The second-order valence-electron chi connectivity index (χ2n) is 3.28. The van der Waals surface area contributed by atoms with E-state index in [0.29, 0.717) is 12.8 Å². The Balaban J connectivity index is 2.72. The van der Waals surface area contributed by atoms with Crippen LogP contribution in [-0.2, 0) is 11.2 Å². The van der Waals surface area contributed by atoms with Crippen LogP contribution in [0.4, 0.5) is 4.39 Å². The molecule has 1 rings (SSSR count). The molecule has 3 heteroatoms. The van der Waals surface area contributed by atoms with E-state index in [0.717, 1.165) is 5.56 Å². The molecule has 0 fully saturated rings. The van der Waals surface area contributed by atoms with E-state index < -0.39 is 11.9 Å². The minimum atomic E-state index is -0.822. The number of carboxylic acid groups (broad SMARTS) is 1. The van der Waals surface area contributed by atoms with Crippen molar-refractivity contribution in [2.24, 2.45) is 5.92 Å². The number of hydrogen-bond acceptors (Lipinski definition) is 1. The standard InChI is InChI=1S/C11H13FO2/c1-2-9(11(13)14)6-8-4-3-5-10(12)7-8/h3-5,7,9H,2,6H2,1H3,(H,13,14). The number of carbonyl (C=O) groups is 1. The van der Waals surface area contributed by atoms with Crippen molar-refractivity contribution in [2.75, 3.05) is 0 Å². The Kier molecular flexibility index (Phi) is 3.63. The average Bonchev–Trinajstić information content (AvgIpc) is 2.14. The van der Waals surface area contributed by atoms with Crippen LogP contribution in [0.25, 0.3) is 0 Å². The largest absolute Gasteiger partial charge is 0.481 e. The molecule has 1 unspecified atom stereocenters. The van der Waals surface area contributed by atoms with Crippen molar-refractivity contribution in [3.63, 3.8) is 0 Å². The first-order valence-corrected chi connectivity index (χ1v) is 4.60. The van der Waals surface area contributed by atoms with Gasteiger partial charge in [-0.3, -0.25) is 4.79 Å². The maximum Gasteiger partial charge on any atom is 0.306 e. The molecule has 0 aliphatic heterocycles. The highest BCUT2D eigenvalue weighted by Crippen LogP contribution is 2.13. The lowest BCUT2D eigenvalue weighted by Crippen LogP contribution is -2.15. The van der Waals surface area contributed by atoms with Gasteiger partial charge in [-0.15, -0.1) is 0 Å². The van der Waals surface area contributed by atoms with Crippen LogP contribution in [0.15, 0.2) is 24.3 Å². The maximum absolute atomic E-state index is 12.8. The predicted molar refractivity (Wildman–Crippen MR) is 51.5 cm³/mol. The van der Waals surface area contributed by atoms with E-state index in [1.165, 1.54) is 12.1 Å². The topological polar surface area (TPSA) is 37.3 Å². The van der Waals surface area contributed by atoms with E-state index in [4.69, 9.17) is 5.11 Å². The van der Waals surface area contributed by atoms with Gasteiger partial charge >= 0.3 is 5.97 Å². The summed E-state index contributed by atoms with van der Waals surface area (Å²) in [5.74, 6) is -1.56. The zero-order chi connectivity index (χ0) is 10.6. The zero-order valence-electron chi connectivity index (χ0n) is 8.03. The number of hydrogen-bond donors (Lipinski definition) is 1. The van der Waals surface area contributed by atoms with Crippen molar-refractivity contribution in [1.82, 2.24) is 0 Å². The van der Waals surface area contributed by atoms with Crippen molar-refractivity contribution in [3.05, 3.63) is 35.6 Å². The van der Waals surface area contributed by atoms with Gasteiger partial charge in [-0.1, -0.05) is 19.1 Å². The number of aliphatic carboxylic acids is 1. The van der Waals surface area contributed by atoms with Crippen LogP contribution in [0.2, 0.25) is 0 Å². The maximum atomic E-state index is 12.8. The molecule has 0 saturated heterocycles. The van der Waals surface area contributed by atoms with E-state index in [2.05, 4.69) is 0 Å².